The van der Waals surface area contributed by atoms with Crippen LogP contribution in [0.2, 0.25) is 10.0 Å². The van der Waals surface area contributed by atoms with E-state index in [0.717, 1.165) is 39.5 Å². The fourth-order valence-corrected chi connectivity index (χ4v) is 3.51. The molecule has 0 aliphatic rings. The Morgan fingerprint density at radius 3 is 2.21 bits per heavy atom. The molecule has 0 unspecified atom stereocenters. The van der Waals surface area contributed by atoms with Gasteiger partial charge in [-0.3, -0.25) is 0 Å². The smallest absolute Gasteiger partial charge is 0.130 e. The van der Waals surface area contributed by atoms with Crippen molar-refractivity contribution in [2.45, 2.75) is 0 Å². The molecule has 4 rings (SSSR count). The summed E-state index contributed by atoms with van der Waals surface area (Å²) in [6, 6.07) is 21.8. The Kier molecular flexibility index (Phi) is 5.70. The molecule has 3 aromatic carbocycles. The Morgan fingerprint density at radius 2 is 1.55 bits per heavy atom. The van der Waals surface area contributed by atoms with Gasteiger partial charge in [-0.2, -0.15) is 0 Å². The lowest BCUT2D eigenvalue weighted by Crippen LogP contribution is -1.83. The van der Waals surface area contributed by atoms with E-state index in [0.29, 0.717) is 10.0 Å². The molecule has 3 nitrogen and oxygen atoms in total. The van der Waals surface area contributed by atoms with E-state index in [4.69, 9.17) is 27.9 Å². The average molecular weight is 421 g/mol. The predicted octanol–water partition coefficient (Wildman–Crippen LogP) is 7.23. The number of aromatic nitrogens is 2. The molecule has 0 aliphatic carbocycles. The molecule has 29 heavy (non-hydrogen) atoms. The fraction of sp³-hybridized carbons (Fsp3) is 0.0417. The molecule has 0 amide bonds. The quantitative estimate of drug-likeness (QED) is 0.369. The maximum absolute atomic E-state index is 6.27. The standard InChI is InChI=1S/C24H18Cl2N2O/c1-29-20-10-7-18(8-11-20)17-5-2-16(3-6-17)4-13-24-27-15-23(28-24)21-12-9-19(25)14-22(21)26/h2-15H,1H3,(H,27,28)/b13-4+. The molecule has 1 N–H and O–H groups in total. The van der Waals surface area contributed by atoms with Crippen molar-refractivity contribution in [2.75, 3.05) is 7.11 Å². The zero-order valence-corrected chi connectivity index (χ0v) is 17.2. The summed E-state index contributed by atoms with van der Waals surface area (Å²) in [4.78, 5) is 7.75. The van der Waals surface area contributed by atoms with E-state index in [2.05, 4.69) is 46.4 Å². The molecule has 0 radical (unpaired) electrons. The number of aromatic amines is 1. The first kappa shape index (κ1) is 19.3. The molecule has 0 aliphatic heterocycles. The maximum atomic E-state index is 6.27. The minimum absolute atomic E-state index is 0.577. The van der Waals surface area contributed by atoms with Crippen LogP contribution in [0.1, 0.15) is 11.4 Å². The average Bonchev–Trinajstić information content (AvgIpc) is 3.21. The van der Waals surface area contributed by atoms with E-state index in [1.165, 1.54) is 0 Å². The zero-order chi connectivity index (χ0) is 20.2. The van der Waals surface area contributed by atoms with Crippen molar-refractivity contribution in [1.82, 2.24) is 9.97 Å². The van der Waals surface area contributed by atoms with Crippen LogP contribution in [0.25, 0.3) is 34.5 Å². The van der Waals surface area contributed by atoms with Crippen LogP contribution in [-0.2, 0) is 0 Å². The number of ether oxygens (including phenoxy) is 1. The van der Waals surface area contributed by atoms with Gasteiger partial charge in [0.2, 0.25) is 0 Å². The van der Waals surface area contributed by atoms with E-state index in [-0.39, 0.29) is 0 Å². The second-order valence-electron chi connectivity index (χ2n) is 6.48. The van der Waals surface area contributed by atoms with Gasteiger partial charge in [0.25, 0.3) is 0 Å². The number of rotatable bonds is 5. The molecule has 5 heteroatoms. The minimum atomic E-state index is 0.577. The summed E-state index contributed by atoms with van der Waals surface area (Å²) in [7, 11) is 1.67. The summed E-state index contributed by atoms with van der Waals surface area (Å²) in [5, 5.41) is 1.18. The van der Waals surface area contributed by atoms with Gasteiger partial charge in [-0.25, -0.2) is 4.98 Å². The number of hydrogen-bond donors (Lipinski definition) is 1. The number of imidazole rings is 1. The lowest BCUT2D eigenvalue weighted by Gasteiger charge is -2.04. The van der Waals surface area contributed by atoms with E-state index in [1.807, 2.05) is 36.5 Å². The van der Waals surface area contributed by atoms with Crippen molar-refractivity contribution in [3.8, 4) is 28.1 Å². The number of benzene rings is 3. The van der Waals surface area contributed by atoms with Crippen LogP contribution in [0.4, 0.5) is 0 Å². The van der Waals surface area contributed by atoms with E-state index in [1.54, 1.807) is 19.2 Å². The third-order valence-electron chi connectivity index (χ3n) is 4.57. The highest BCUT2D eigenvalue weighted by Crippen LogP contribution is 2.29. The Bertz CT molecular complexity index is 1150. The second kappa shape index (κ2) is 8.56. The summed E-state index contributed by atoms with van der Waals surface area (Å²) >= 11 is 12.2. The number of H-pyrrole nitrogens is 1. The topological polar surface area (TPSA) is 37.9 Å². The molecule has 4 aromatic rings. The van der Waals surface area contributed by atoms with Gasteiger partial charge >= 0.3 is 0 Å². The Balaban J connectivity index is 1.48. The molecule has 0 saturated heterocycles. The molecular weight excluding hydrogens is 403 g/mol. The van der Waals surface area contributed by atoms with Crippen molar-refractivity contribution in [1.29, 1.82) is 0 Å². The number of hydrogen-bond acceptors (Lipinski definition) is 2. The van der Waals surface area contributed by atoms with Crippen molar-refractivity contribution < 1.29 is 4.74 Å². The molecule has 1 heterocycles. The van der Waals surface area contributed by atoms with Crippen molar-refractivity contribution >= 4 is 35.4 Å². The Labute approximate surface area is 179 Å². The van der Waals surface area contributed by atoms with Gasteiger partial charge in [-0.15, -0.1) is 0 Å². The minimum Gasteiger partial charge on any atom is -0.497 e. The highest BCUT2D eigenvalue weighted by molar-refractivity contribution is 6.36. The first-order valence-corrected chi connectivity index (χ1v) is 9.81. The maximum Gasteiger partial charge on any atom is 0.130 e. The van der Waals surface area contributed by atoms with E-state index < -0.39 is 0 Å². The van der Waals surface area contributed by atoms with Crippen LogP contribution in [-0.4, -0.2) is 17.1 Å². The molecule has 0 atom stereocenters. The SMILES string of the molecule is COc1ccc(-c2ccc(/C=C/c3nc(-c4ccc(Cl)cc4Cl)c[nH]3)cc2)cc1. The van der Waals surface area contributed by atoms with Crippen LogP contribution in [0.3, 0.4) is 0 Å². The number of halogens is 2. The van der Waals surface area contributed by atoms with Gasteiger partial charge in [0.05, 0.1) is 17.8 Å². The molecule has 0 spiro atoms. The van der Waals surface area contributed by atoms with Crippen molar-refractivity contribution in [2.24, 2.45) is 0 Å². The summed E-state index contributed by atoms with van der Waals surface area (Å²) in [5.74, 6) is 1.61. The first-order valence-electron chi connectivity index (χ1n) is 9.06. The number of nitrogens with one attached hydrogen (secondary N) is 1. The van der Waals surface area contributed by atoms with Gasteiger partial charge in [0, 0.05) is 16.8 Å². The van der Waals surface area contributed by atoms with Crippen LogP contribution in [0.5, 0.6) is 5.75 Å². The van der Waals surface area contributed by atoms with Gasteiger partial charge in [-0.1, -0.05) is 65.7 Å². The zero-order valence-electron chi connectivity index (χ0n) is 15.7. The van der Waals surface area contributed by atoms with Crippen molar-refractivity contribution in [3.63, 3.8) is 0 Å². The van der Waals surface area contributed by atoms with Crippen LogP contribution >= 0.6 is 23.2 Å². The molecular formula is C24H18Cl2N2O. The molecule has 0 saturated carbocycles. The largest absolute Gasteiger partial charge is 0.497 e. The highest BCUT2D eigenvalue weighted by Gasteiger charge is 2.07. The third-order valence-corrected chi connectivity index (χ3v) is 5.12. The second-order valence-corrected chi connectivity index (χ2v) is 7.32. The van der Waals surface area contributed by atoms with Crippen molar-refractivity contribution in [3.05, 3.63) is 94.4 Å². The Hall–Kier alpha value is -3.01. The molecule has 1 aromatic heterocycles. The predicted molar refractivity (Wildman–Crippen MR) is 121 cm³/mol. The monoisotopic (exact) mass is 420 g/mol. The Morgan fingerprint density at radius 1 is 0.862 bits per heavy atom. The summed E-state index contributed by atoms with van der Waals surface area (Å²) in [5.41, 5.74) is 5.01. The summed E-state index contributed by atoms with van der Waals surface area (Å²) in [6.45, 7) is 0. The van der Waals surface area contributed by atoms with Gasteiger partial charge in [0.1, 0.15) is 11.6 Å². The molecule has 0 bridgehead atoms. The molecule has 0 fully saturated rings. The number of nitrogens with zero attached hydrogens (tertiary/aromatic N) is 1. The third kappa shape index (κ3) is 4.53. The summed E-state index contributed by atoms with van der Waals surface area (Å²) in [6.07, 6.45) is 5.79. The first-order chi connectivity index (χ1) is 14.1. The van der Waals surface area contributed by atoms with Gasteiger partial charge in [-0.05, 0) is 53.1 Å². The lowest BCUT2D eigenvalue weighted by molar-refractivity contribution is 0.415. The van der Waals surface area contributed by atoms with E-state index in [9.17, 15) is 0 Å². The fourth-order valence-electron chi connectivity index (χ4n) is 3.00. The van der Waals surface area contributed by atoms with Crippen LogP contribution in [0.15, 0.2) is 72.9 Å². The summed E-state index contributed by atoms with van der Waals surface area (Å²) < 4.78 is 5.21. The van der Waals surface area contributed by atoms with Crippen LogP contribution in [0, 0.1) is 0 Å². The number of methoxy groups -OCH3 is 1. The van der Waals surface area contributed by atoms with Crippen LogP contribution < -0.4 is 4.74 Å². The normalized spacial score (nSPS) is 11.1. The lowest BCUT2D eigenvalue weighted by atomic mass is 10.0. The molecule has 144 valence electrons. The van der Waals surface area contributed by atoms with E-state index >= 15 is 0 Å². The van der Waals surface area contributed by atoms with Gasteiger partial charge in [0.15, 0.2) is 0 Å². The highest BCUT2D eigenvalue weighted by atomic mass is 35.5. The van der Waals surface area contributed by atoms with Gasteiger partial charge < -0.3 is 9.72 Å².